The molecular formula is C12H18N2O3S. The minimum absolute atomic E-state index is 0.249. The summed E-state index contributed by atoms with van der Waals surface area (Å²) in [4.78, 5) is 2.26. The molecular weight excluding hydrogens is 252 g/mol. The zero-order valence-corrected chi connectivity index (χ0v) is 11.8. The Morgan fingerprint density at radius 1 is 1.39 bits per heavy atom. The second kappa shape index (κ2) is 4.13. The van der Waals surface area contributed by atoms with E-state index in [2.05, 4.69) is 4.72 Å². The van der Waals surface area contributed by atoms with Crippen LogP contribution >= 0.6 is 0 Å². The van der Waals surface area contributed by atoms with E-state index in [1.165, 1.54) is 7.05 Å². The molecule has 1 heterocycles. The van der Waals surface area contributed by atoms with Crippen molar-refractivity contribution < 1.29 is 13.2 Å². The standard InChI is InChI=1S/C12H18N2O3S/c1-12(2)8-14(4)10-7-9(18(15,16)13-3)5-6-11(10)17-12/h5-7,13H,8H2,1-4H3. The molecule has 0 bridgehead atoms. The summed E-state index contributed by atoms with van der Waals surface area (Å²) in [7, 11) is -0.0857. The van der Waals surface area contributed by atoms with Gasteiger partial charge in [-0.1, -0.05) is 0 Å². The molecule has 1 aliphatic rings. The van der Waals surface area contributed by atoms with E-state index in [4.69, 9.17) is 4.74 Å². The maximum atomic E-state index is 11.8. The summed E-state index contributed by atoms with van der Waals surface area (Å²) in [6.45, 7) is 4.72. The van der Waals surface area contributed by atoms with Gasteiger partial charge in [-0.05, 0) is 39.1 Å². The Hall–Kier alpha value is -1.27. The zero-order valence-electron chi connectivity index (χ0n) is 11.0. The van der Waals surface area contributed by atoms with Crippen LogP contribution < -0.4 is 14.4 Å². The molecule has 1 N–H and O–H groups in total. The maximum absolute atomic E-state index is 11.8. The van der Waals surface area contributed by atoms with E-state index in [9.17, 15) is 8.42 Å². The van der Waals surface area contributed by atoms with Crippen LogP contribution in [-0.2, 0) is 10.0 Å². The van der Waals surface area contributed by atoms with Gasteiger partial charge in [-0.2, -0.15) is 0 Å². The molecule has 6 heteroatoms. The Balaban J connectivity index is 2.49. The van der Waals surface area contributed by atoms with Crippen LogP contribution in [-0.4, -0.2) is 34.7 Å². The summed E-state index contributed by atoms with van der Waals surface area (Å²) in [5.74, 6) is 0.712. The zero-order chi connectivity index (χ0) is 13.6. The molecule has 1 aromatic rings. The van der Waals surface area contributed by atoms with E-state index in [0.29, 0.717) is 12.3 Å². The predicted molar refractivity (Wildman–Crippen MR) is 70.7 cm³/mol. The number of anilines is 1. The molecule has 0 saturated heterocycles. The third-order valence-electron chi connectivity index (χ3n) is 2.92. The second-order valence-electron chi connectivity index (χ2n) is 5.05. The van der Waals surface area contributed by atoms with Gasteiger partial charge in [-0.15, -0.1) is 0 Å². The molecule has 0 atom stereocenters. The minimum Gasteiger partial charge on any atom is -0.484 e. The van der Waals surface area contributed by atoms with E-state index in [-0.39, 0.29) is 10.5 Å². The summed E-state index contributed by atoms with van der Waals surface area (Å²) in [6, 6.07) is 4.90. The van der Waals surface area contributed by atoms with Crippen molar-refractivity contribution in [3.05, 3.63) is 18.2 Å². The third-order valence-corrected chi connectivity index (χ3v) is 4.34. The van der Waals surface area contributed by atoms with E-state index >= 15 is 0 Å². The van der Waals surface area contributed by atoms with Gasteiger partial charge in [0.05, 0.1) is 17.1 Å². The Morgan fingerprint density at radius 2 is 2.06 bits per heavy atom. The van der Waals surface area contributed by atoms with Gasteiger partial charge >= 0.3 is 0 Å². The van der Waals surface area contributed by atoms with Crippen LogP contribution in [0.25, 0.3) is 0 Å². The topological polar surface area (TPSA) is 58.6 Å². The molecule has 0 saturated carbocycles. The molecule has 0 spiro atoms. The number of nitrogens with zero attached hydrogens (tertiary/aromatic N) is 1. The van der Waals surface area contributed by atoms with Crippen molar-refractivity contribution in [3.8, 4) is 5.75 Å². The largest absolute Gasteiger partial charge is 0.484 e. The number of ether oxygens (including phenoxy) is 1. The van der Waals surface area contributed by atoms with Crippen molar-refractivity contribution in [1.82, 2.24) is 4.72 Å². The average Bonchev–Trinajstić information content (AvgIpc) is 2.27. The van der Waals surface area contributed by atoms with Crippen LogP contribution in [0.2, 0.25) is 0 Å². The smallest absolute Gasteiger partial charge is 0.240 e. The molecule has 100 valence electrons. The van der Waals surface area contributed by atoms with Crippen molar-refractivity contribution in [1.29, 1.82) is 0 Å². The van der Waals surface area contributed by atoms with Crippen LogP contribution in [0.5, 0.6) is 5.75 Å². The highest BCUT2D eigenvalue weighted by Crippen LogP contribution is 2.37. The summed E-state index contributed by atoms with van der Waals surface area (Å²) in [5.41, 5.74) is 0.524. The highest BCUT2D eigenvalue weighted by atomic mass is 32.2. The van der Waals surface area contributed by atoms with Crippen molar-refractivity contribution in [3.63, 3.8) is 0 Å². The maximum Gasteiger partial charge on any atom is 0.240 e. The minimum atomic E-state index is -3.42. The molecule has 18 heavy (non-hydrogen) atoms. The fourth-order valence-electron chi connectivity index (χ4n) is 2.15. The number of rotatable bonds is 2. The highest BCUT2D eigenvalue weighted by Gasteiger charge is 2.30. The number of nitrogens with one attached hydrogen (secondary N) is 1. The monoisotopic (exact) mass is 270 g/mol. The summed E-state index contributed by atoms with van der Waals surface area (Å²) in [5, 5.41) is 0. The van der Waals surface area contributed by atoms with Crippen molar-refractivity contribution in [2.24, 2.45) is 0 Å². The molecule has 0 amide bonds. The van der Waals surface area contributed by atoms with Gasteiger partial charge < -0.3 is 9.64 Å². The van der Waals surface area contributed by atoms with Crippen LogP contribution in [0.4, 0.5) is 5.69 Å². The molecule has 0 unspecified atom stereocenters. The molecule has 0 aromatic heterocycles. The molecule has 0 radical (unpaired) electrons. The van der Waals surface area contributed by atoms with Crippen molar-refractivity contribution in [2.45, 2.75) is 24.3 Å². The molecule has 2 rings (SSSR count). The number of benzene rings is 1. The van der Waals surface area contributed by atoms with Crippen LogP contribution in [0.1, 0.15) is 13.8 Å². The lowest BCUT2D eigenvalue weighted by molar-refractivity contribution is 0.107. The Kier molecular flexibility index (Phi) is 3.03. The van der Waals surface area contributed by atoms with Gasteiger partial charge in [0.2, 0.25) is 10.0 Å². The highest BCUT2D eigenvalue weighted by molar-refractivity contribution is 7.89. The van der Waals surface area contributed by atoms with Crippen molar-refractivity contribution >= 4 is 15.7 Å². The van der Waals surface area contributed by atoms with E-state index < -0.39 is 10.0 Å². The number of hydrogen-bond acceptors (Lipinski definition) is 4. The number of fused-ring (bicyclic) bond motifs is 1. The molecule has 1 aromatic carbocycles. The number of sulfonamides is 1. The first kappa shape index (κ1) is 13.2. The summed E-state index contributed by atoms with van der Waals surface area (Å²) < 4.78 is 31.6. The number of likely N-dealkylation sites (N-methyl/N-ethyl adjacent to an activating group) is 1. The first-order valence-corrected chi connectivity index (χ1v) is 7.21. The first-order valence-electron chi connectivity index (χ1n) is 5.73. The molecule has 1 aliphatic heterocycles. The van der Waals surface area contributed by atoms with E-state index in [0.717, 1.165) is 5.69 Å². The SMILES string of the molecule is CNS(=O)(=O)c1ccc2c(c1)N(C)CC(C)(C)O2. The van der Waals surface area contributed by atoms with Gasteiger partial charge in [0.25, 0.3) is 0 Å². The average molecular weight is 270 g/mol. The Bertz CT molecular complexity index is 567. The van der Waals surface area contributed by atoms with Gasteiger partial charge in [0.15, 0.2) is 0 Å². The Morgan fingerprint density at radius 3 is 2.67 bits per heavy atom. The van der Waals surface area contributed by atoms with Gasteiger partial charge in [-0.25, -0.2) is 13.1 Å². The summed E-state index contributed by atoms with van der Waals surface area (Å²) >= 11 is 0. The second-order valence-corrected chi connectivity index (χ2v) is 6.94. The molecule has 0 fully saturated rings. The fraction of sp³-hybridized carbons (Fsp3) is 0.500. The lowest BCUT2D eigenvalue weighted by atomic mass is 10.1. The predicted octanol–water partition coefficient (Wildman–Crippen LogP) is 1.20. The molecule has 0 aliphatic carbocycles. The van der Waals surface area contributed by atoms with Crippen molar-refractivity contribution in [2.75, 3.05) is 25.5 Å². The van der Waals surface area contributed by atoms with E-state index in [1.807, 2.05) is 25.8 Å². The van der Waals surface area contributed by atoms with Gasteiger partial charge in [0, 0.05) is 7.05 Å². The lowest BCUT2D eigenvalue weighted by Crippen LogP contribution is -2.45. The quantitative estimate of drug-likeness (QED) is 0.877. The normalized spacial score (nSPS) is 18.1. The third kappa shape index (κ3) is 2.30. The number of hydrogen-bond donors (Lipinski definition) is 1. The lowest BCUT2D eigenvalue weighted by Gasteiger charge is -2.39. The van der Waals surface area contributed by atoms with Crippen LogP contribution in [0, 0.1) is 0 Å². The van der Waals surface area contributed by atoms with E-state index in [1.54, 1.807) is 18.2 Å². The first-order chi connectivity index (χ1) is 8.25. The van der Waals surface area contributed by atoms with Crippen LogP contribution in [0.3, 0.4) is 0 Å². The van der Waals surface area contributed by atoms with Crippen LogP contribution in [0.15, 0.2) is 23.1 Å². The fourth-order valence-corrected chi connectivity index (χ4v) is 2.90. The van der Waals surface area contributed by atoms with Gasteiger partial charge in [-0.3, -0.25) is 0 Å². The van der Waals surface area contributed by atoms with Gasteiger partial charge in [0.1, 0.15) is 11.4 Å². The Labute approximate surface area is 108 Å². The molecule has 5 nitrogen and oxygen atoms in total. The summed E-state index contributed by atoms with van der Waals surface area (Å²) in [6.07, 6.45) is 0.